The number of aromatic amines is 1. The summed E-state index contributed by atoms with van der Waals surface area (Å²) in [4.78, 5) is 14.6. The van der Waals surface area contributed by atoms with Crippen LogP contribution in [0.15, 0.2) is 16.9 Å². The monoisotopic (exact) mass is 280 g/mol. The number of rotatable bonds is 0. The van der Waals surface area contributed by atoms with E-state index in [0.29, 0.717) is 0 Å². The highest BCUT2D eigenvalue weighted by Crippen LogP contribution is 2.21. The van der Waals surface area contributed by atoms with Gasteiger partial charge in [-0.15, -0.1) is 0 Å². The topological polar surface area (TPSA) is 32.9 Å². The van der Waals surface area contributed by atoms with E-state index < -0.39 is 0 Å². The van der Waals surface area contributed by atoms with Gasteiger partial charge in [0.25, 0.3) is 5.56 Å². The molecule has 1 N–H and O–H groups in total. The number of hydrogen-bond acceptors (Lipinski definition) is 1. The maximum atomic E-state index is 11.6. The molecule has 0 spiro atoms. The number of benzene rings is 1. The SMILES string of the molecule is Cc1cc(C)c2[nH]c(=O)c(C)c(C)c2c1.[Br]. The summed E-state index contributed by atoms with van der Waals surface area (Å²) in [5.41, 5.74) is 5.24. The molecule has 85 valence electrons. The Kier molecular flexibility index (Phi) is 3.58. The maximum Gasteiger partial charge on any atom is 0.251 e. The Hall–Kier alpha value is -1.09. The average Bonchev–Trinajstić information content (AvgIpc) is 2.17. The Morgan fingerprint density at radius 2 is 1.62 bits per heavy atom. The summed E-state index contributed by atoms with van der Waals surface area (Å²) in [6, 6.07) is 4.22. The molecule has 3 heteroatoms. The Bertz CT molecular complexity index is 599. The fourth-order valence-electron chi connectivity index (χ4n) is 2.01. The fourth-order valence-corrected chi connectivity index (χ4v) is 2.01. The van der Waals surface area contributed by atoms with Crippen molar-refractivity contribution < 1.29 is 0 Å². The molecule has 0 saturated carbocycles. The molecule has 0 fully saturated rings. The number of aryl methyl sites for hydroxylation is 3. The summed E-state index contributed by atoms with van der Waals surface area (Å²) in [6.07, 6.45) is 0. The molecule has 2 rings (SSSR count). The van der Waals surface area contributed by atoms with Gasteiger partial charge >= 0.3 is 0 Å². The molecular weight excluding hydrogens is 266 g/mol. The van der Waals surface area contributed by atoms with E-state index in [0.717, 1.165) is 27.6 Å². The molecular formula is C13H15BrNO. The van der Waals surface area contributed by atoms with Crippen LogP contribution in [0.5, 0.6) is 0 Å². The van der Waals surface area contributed by atoms with Crippen LogP contribution in [0, 0.1) is 27.7 Å². The number of fused-ring (bicyclic) bond motifs is 1. The Balaban J connectivity index is 0.00000128. The van der Waals surface area contributed by atoms with Crippen LogP contribution in [0.1, 0.15) is 22.3 Å². The summed E-state index contributed by atoms with van der Waals surface area (Å²) in [6.45, 7) is 7.98. The van der Waals surface area contributed by atoms with Gasteiger partial charge < -0.3 is 4.98 Å². The first kappa shape index (κ1) is 13.0. The molecule has 0 aliphatic carbocycles. The average molecular weight is 281 g/mol. The van der Waals surface area contributed by atoms with E-state index in [9.17, 15) is 4.79 Å². The van der Waals surface area contributed by atoms with Crippen molar-refractivity contribution in [2.45, 2.75) is 27.7 Å². The molecule has 0 unspecified atom stereocenters. The number of pyridine rings is 1. The number of nitrogens with one attached hydrogen (secondary N) is 1. The zero-order valence-corrected chi connectivity index (χ0v) is 11.5. The van der Waals surface area contributed by atoms with Gasteiger partial charge in [-0.2, -0.15) is 0 Å². The standard InChI is InChI=1S/C13H15NO.Br/c1-7-5-8(2)12-11(6-7)9(3)10(4)13(15)14-12;/h5-6H,1-4H3,(H,14,15);. The molecule has 0 saturated heterocycles. The van der Waals surface area contributed by atoms with Gasteiger partial charge in [0, 0.05) is 27.9 Å². The van der Waals surface area contributed by atoms with Gasteiger partial charge in [0.05, 0.1) is 5.52 Å². The van der Waals surface area contributed by atoms with Crippen molar-refractivity contribution in [1.29, 1.82) is 0 Å². The number of aromatic nitrogens is 1. The summed E-state index contributed by atoms with van der Waals surface area (Å²) < 4.78 is 0. The molecule has 0 bridgehead atoms. The van der Waals surface area contributed by atoms with E-state index in [-0.39, 0.29) is 22.5 Å². The first-order chi connectivity index (χ1) is 7.00. The van der Waals surface area contributed by atoms with Crippen LogP contribution in [0.4, 0.5) is 0 Å². The molecule has 0 atom stereocenters. The molecule has 2 aromatic rings. The number of H-pyrrole nitrogens is 1. The molecule has 0 amide bonds. The highest BCUT2D eigenvalue weighted by Gasteiger charge is 2.07. The van der Waals surface area contributed by atoms with Crippen molar-refractivity contribution in [1.82, 2.24) is 4.98 Å². The van der Waals surface area contributed by atoms with E-state index in [4.69, 9.17) is 0 Å². The van der Waals surface area contributed by atoms with Crippen molar-refractivity contribution in [2.24, 2.45) is 0 Å². The normalized spacial score (nSPS) is 10.2. The first-order valence-corrected chi connectivity index (χ1v) is 5.11. The molecule has 1 aromatic carbocycles. The van der Waals surface area contributed by atoms with Gasteiger partial charge in [0.2, 0.25) is 0 Å². The van der Waals surface area contributed by atoms with Crippen molar-refractivity contribution in [2.75, 3.05) is 0 Å². The lowest BCUT2D eigenvalue weighted by molar-refractivity contribution is 1.18. The molecule has 1 aromatic heterocycles. The summed E-state index contributed by atoms with van der Waals surface area (Å²) >= 11 is 0. The van der Waals surface area contributed by atoms with Gasteiger partial charge in [-0.3, -0.25) is 4.79 Å². The molecule has 0 aliphatic rings. The lowest BCUT2D eigenvalue weighted by Gasteiger charge is -2.08. The third kappa shape index (κ3) is 1.92. The molecule has 0 aliphatic heterocycles. The largest absolute Gasteiger partial charge is 0.321 e. The Labute approximate surface area is 105 Å². The van der Waals surface area contributed by atoms with E-state index in [1.54, 1.807) is 0 Å². The second-order valence-corrected chi connectivity index (χ2v) is 4.21. The van der Waals surface area contributed by atoms with Crippen LogP contribution in [0.2, 0.25) is 0 Å². The van der Waals surface area contributed by atoms with Crippen LogP contribution in [0.3, 0.4) is 0 Å². The zero-order chi connectivity index (χ0) is 11.2. The van der Waals surface area contributed by atoms with Gasteiger partial charge in [-0.25, -0.2) is 0 Å². The number of halogens is 1. The predicted molar refractivity (Wildman–Crippen MR) is 72.4 cm³/mol. The fraction of sp³-hybridized carbons (Fsp3) is 0.308. The molecule has 16 heavy (non-hydrogen) atoms. The second kappa shape index (κ2) is 4.42. The maximum absolute atomic E-state index is 11.6. The van der Waals surface area contributed by atoms with Crippen LogP contribution in [-0.4, -0.2) is 4.98 Å². The minimum Gasteiger partial charge on any atom is -0.321 e. The van der Waals surface area contributed by atoms with Gasteiger partial charge in [0.15, 0.2) is 0 Å². The van der Waals surface area contributed by atoms with Crippen molar-refractivity contribution in [3.63, 3.8) is 0 Å². The van der Waals surface area contributed by atoms with Crippen LogP contribution in [-0.2, 0) is 0 Å². The Morgan fingerprint density at radius 1 is 1.00 bits per heavy atom. The predicted octanol–water partition coefficient (Wildman–Crippen LogP) is 3.61. The third-order valence-electron chi connectivity index (χ3n) is 3.03. The lowest BCUT2D eigenvalue weighted by atomic mass is 10.0. The van der Waals surface area contributed by atoms with Crippen LogP contribution >= 0.6 is 17.0 Å². The van der Waals surface area contributed by atoms with E-state index in [1.165, 1.54) is 5.56 Å². The summed E-state index contributed by atoms with van der Waals surface area (Å²) in [7, 11) is 0. The summed E-state index contributed by atoms with van der Waals surface area (Å²) in [5.74, 6) is 0. The van der Waals surface area contributed by atoms with Crippen LogP contribution in [0.25, 0.3) is 10.9 Å². The first-order valence-electron chi connectivity index (χ1n) is 5.11. The van der Waals surface area contributed by atoms with Crippen molar-refractivity contribution in [3.05, 3.63) is 44.7 Å². The highest BCUT2D eigenvalue weighted by atomic mass is 79.9. The van der Waals surface area contributed by atoms with Crippen molar-refractivity contribution in [3.8, 4) is 0 Å². The third-order valence-corrected chi connectivity index (χ3v) is 3.03. The van der Waals surface area contributed by atoms with Gasteiger partial charge in [0.1, 0.15) is 0 Å². The van der Waals surface area contributed by atoms with Crippen molar-refractivity contribution >= 4 is 27.9 Å². The summed E-state index contributed by atoms with van der Waals surface area (Å²) in [5, 5.41) is 1.16. The minimum absolute atomic E-state index is 0. The number of hydrogen-bond donors (Lipinski definition) is 1. The molecule has 1 heterocycles. The smallest absolute Gasteiger partial charge is 0.251 e. The Morgan fingerprint density at radius 3 is 2.25 bits per heavy atom. The lowest BCUT2D eigenvalue weighted by Crippen LogP contribution is -2.12. The van der Waals surface area contributed by atoms with E-state index in [1.807, 2.05) is 20.8 Å². The van der Waals surface area contributed by atoms with E-state index >= 15 is 0 Å². The van der Waals surface area contributed by atoms with E-state index in [2.05, 4.69) is 24.0 Å². The highest BCUT2D eigenvalue weighted by molar-refractivity contribution is 8.93. The molecule has 1 radical (unpaired) electrons. The van der Waals surface area contributed by atoms with Crippen LogP contribution < -0.4 is 5.56 Å². The minimum atomic E-state index is 0. The quantitative estimate of drug-likeness (QED) is 0.786. The second-order valence-electron chi connectivity index (χ2n) is 4.21. The van der Waals surface area contributed by atoms with Gasteiger partial charge in [-0.1, -0.05) is 11.6 Å². The molecule has 2 nitrogen and oxygen atoms in total. The zero-order valence-electron chi connectivity index (χ0n) is 9.94. The van der Waals surface area contributed by atoms with Gasteiger partial charge in [-0.05, 0) is 44.9 Å².